The van der Waals surface area contributed by atoms with Gasteiger partial charge < -0.3 is 0 Å². The number of rotatable bonds is 2. The molecule has 22 heavy (non-hydrogen) atoms. The van der Waals surface area contributed by atoms with Gasteiger partial charge in [-0.05, 0) is 30.9 Å². The van der Waals surface area contributed by atoms with Gasteiger partial charge in [-0.1, -0.05) is 37.5 Å². The third-order valence-corrected chi connectivity index (χ3v) is 4.72. The van der Waals surface area contributed by atoms with Crippen LogP contribution in [-0.2, 0) is 17.6 Å². The maximum atomic E-state index is 12.3. The van der Waals surface area contributed by atoms with Crippen LogP contribution in [-0.4, -0.2) is 20.7 Å². The van der Waals surface area contributed by atoms with Crippen LogP contribution in [0.2, 0.25) is 0 Å². The summed E-state index contributed by atoms with van der Waals surface area (Å²) in [5.74, 6) is 1.58. The van der Waals surface area contributed by atoms with Crippen LogP contribution >= 0.6 is 0 Å². The number of amides is 1. The van der Waals surface area contributed by atoms with Crippen LogP contribution in [0.5, 0.6) is 0 Å². The molecule has 1 saturated carbocycles. The number of carbonyl (C=O) groups is 1. The van der Waals surface area contributed by atoms with E-state index in [9.17, 15) is 4.79 Å². The highest BCUT2D eigenvalue weighted by Gasteiger charge is 2.24. The Morgan fingerprint density at radius 1 is 1.14 bits per heavy atom. The van der Waals surface area contributed by atoms with E-state index in [1.165, 1.54) is 12.0 Å². The predicted molar refractivity (Wildman–Crippen MR) is 84.0 cm³/mol. The average molecular weight is 296 g/mol. The van der Waals surface area contributed by atoms with E-state index in [0.717, 1.165) is 50.0 Å². The van der Waals surface area contributed by atoms with Gasteiger partial charge in [-0.2, -0.15) is 4.98 Å². The number of benzene rings is 1. The number of aromatic nitrogens is 3. The topological polar surface area (TPSA) is 59.8 Å². The molecule has 0 bridgehead atoms. The second-order valence-corrected chi connectivity index (χ2v) is 6.22. The fourth-order valence-electron chi connectivity index (χ4n) is 3.50. The minimum atomic E-state index is 0.0796. The van der Waals surface area contributed by atoms with Crippen molar-refractivity contribution in [2.45, 2.75) is 44.9 Å². The summed E-state index contributed by atoms with van der Waals surface area (Å²) in [7, 11) is 0. The molecule has 2 aromatic rings. The molecule has 1 aliphatic carbocycles. The number of fused-ring (bicyclic) bond motifs is 3. The first-order valence-corrected chi connectivity index (χ1v) is 8.16. The number of para-hydroxylation sites is 1. The van der Waals surface area contributed by atoms with Crippen LogP contribution in [0, 0.1) is 5.92 Å². The van der Waals surface area contributed by atoms with Crippen molar-refractivity contribution >= 4 is 11.9 Å². The summed E-state index contributed by atoms with van der Waals surface area (Å²) in [4.78, 5) is 16.8. The Kier molecular flexibility index (Phi) is 3.41. The van der Waals surface area contributed by atoms with Crippen LogP contribution in [0.3, 0.4) is 0 Å². The molecule has 1 N–H and O–H groups in total. The largest absolute Gasteiger partial charge is 0.293 e. The van der Waals surface area contributed by atoms with Crippen molar-refractivity contribution in [2.75, 3.05) is 5.32 Å². The first kappa shape index (κ1) is 13.5. The Morgan fingerprint density at radius 3 is 2.82 bits per heavy atom. The predicted octanol–water partition coefficient (Wildman–Crippen LogP) is 2.88. The third-order valence-electron chi connectivity index (χ3n) is 4.72. The Morgan fingerprint density at radius 2 is 1.95 bits per heavy atom. The molecule has 1 aromatic heterocycles. The zero-order chi connectivity index (χ0) is 14.9. The zero-order valence-corrected chi connectivity index (χ0v) is 12.6. The Labute approximate surface area is 129 Å². The quantitative estimate of drug-likeness (QED) is 0.927. The minimum Gasteiger partial charge on any atom is -0.293 e. The number of nitrogens with zero attached hydrogens (tertiary/aromatic N) is 3. The fourth-order valence-corrected chi connectivity index (χ4v) is 3.50. The molecule has 0 atom stereocenters. The molecule has 1 aliphatic heterocycles. The maximum Gasteiger partial charge on any atom is 0.249 e. The second-order valence-electron chi connectivity index (χ2n) is 6.22. The van der Waals surface area contributed by atoms with Crippen molar-refractivity contribution in [1.29, 1.82) is 0 Å². The lowest BCUT2D eigenvalue weighted by Gasteiger charge is -2.19. The lowest BCUT2D eigenvalue weighted by molar-refractivity contribution is -0.120. The van der Waals surface area contributed by atoms with E-state index < -0.39 is 0 Å². The highest BCUT2D eigenvalue weighted by molar-refractivity contribution is 5.90. The standard InChI is InChI=1S/C17H20N4O/c22-16(13-7-2-1-3-8-13)19-17-18-15-11-10-12-6-4-5-9-14(12)21(15)20-17/h4-6,9,13H,1-3,7-8,10-11H2,(H,19,20,22). The number of carbonyl (C=O) groups excluding carboxylic acids is 1. The molecule has 0 saturated heterocycles. The monoisotopic (exact) mass is 296 g/mol. The van der Waals surface area contributed by atoms with E-state index in [4.69, 9.17) is 0 Å². The molecule has 0 unspecified atom stereocenters. The van der Waals surface area contributed by atoms with Crippen molar-refractivity contribution in [3.8, 4) is 5.69 Å². The first-order valence-electron chi connectivity index (χ1n) is 8.16. The maximum absolute atomic E-state index is 12.3. The molecular weight excluding hydrogens is 276 g/mol. The molecule has 0 spiro atoms. The van der Waals surface area contributed by atoms with Gasteiger partial charge in [0.2, 0.25) is 11.9 Å². The van der Waals surface area contributed by atoms with Gasteiger partial charge in [-0.25, -0.2) is 4.68 Å². The summed E-state index contributed by atoms with van der Waals surface area (Å²) in [6, 6.07) is 8.24. The molecule has 1 fully saturated rings. The van der Waals surface area contributed by atoms with Crippen LogP contribution in [0.15, 0.2) is 24.3 Å². The van der Waals surface area contributed by atoms with Gasteiger partial charge in [0.15, 0.2) is 0 Å². The summed E-state index contributed by atoms with van der Waals surface area (Å²) in [5, 5.41) is 7.42. The molecule has 1 aromatic carbocycles. The van der Waals surface area contributed by atoms with Gasteiger partial charge in [0, 0.05) is 12.3 Å². The lowest BCUT2D eigenvalue weighted by Crippen LogP contribution is -2.25. The van der Waals surface area contributed by atoms with Gasteiger partial charge >= 0.3 is 0 Å². The lowest BCUT2D eigenvalue weighted by atomic mass is 9.89. The van der Waals surface area contributed by atoms with E-state index in [1.807, 2.05) is 16.8 Å². The van der Waals surface area contributed by atoms with Gasteiger partial charge in [0.05, 0.1) is 5.69 Å². The Balaban J connectivity index is 1.56. The number of anilines is 1. The van der Waals surface area contributed by atoms with Crippen LogP contribution in [0.1, 0.15) is 43.5 Å². The van der Waals surface area contributed by atoms with Crippen LogP contribution < -0.4 is 5.32 Å². The molecule has 2 heterocycles. The summed E-state index contributed by atoms with van der Waals surface area (Å²) in [6.07, 6.45) is 7.37. The highest BCUT2D eigenvalue weighted by Crippen LogP contribution is 2.26. The van der Waals surface area contributed by atoms with Gasteiger partial charge in [0.1, 0.15) is 5.82 Å². The van der Waals surface area contributed by atoms with E-state index >= 15 is 0 Å². The van der Waals surface area contributed by atoms with Gasteiger partial charge in [-0.15, -0.1) is 5.10 Å². The fraction of sp³-hybridized carbons (Fsp3) is 0.471. The molecular formula is C17H20N4O. The summed E-state index contributed by atoms with van der Waals surface area (Å²) < 4.78 is 1.87. The SMILES string of the molecule is O=C(Nc1nc2n(n1)-c1ccccc1CC2)C1CCCCC1. The van der Waals surface area contributed by atoms with Crippen molar-refractivity contribution in [3.05, 3.63) is 35.7 Å². The summed E-state index contributed by atoms with van der Waals surface area (Å²) in [5.41, 5.74) is 2.36. The molecule has 4 rings (SSSR count). The highest BCUT2D eigenvalue weighted by atomic mass is 16.2. The van der Waals surface area contributed by atoms with Crippen molar-refractivity contribution in [3.63, 3.8) is 0 Å². The van der Waals surface area contributed by atoms with E-state index in [0.29, 0.717) is 5.95 Å². The molecule has 114 valence electrons. The zero-order valence-electron chi connectivity index (χ0n) is 12.6. The summed E-state index contributed by atoms with van der Waals surface area (Å²) in [6.45, 7) is 0. The number of hydrogen-bond acceptors (Lipinski definition) is 3. The number of nitrogens with one attached hydrogen (secondary N) is 1. The van der Waals surface area contributed by atoms with E-state index in [-0.39, 0.29) is 11.8 Å². The van der Waals surface area contributed by atoms with Crippen molar-refractivity contribution in [1.82, 2.24) is 14.8 Å². The van der Waals surface area contributed by atoms with Crippen molar-refractivity contribution in [2.24, 2.45) is 5.92 Å². The number of hydrogen-bond donors (Lipinski definition) is 1. The third kappa shape index (κ3) is 2.40. The van der Waals surface area contributed by atoms with Gasteiger partial charge in [0.25, 0.3) is 0 Å². The van der Waals surface area contributed by atoms with E-state index in [1.54, 1.807) is 0 Å². The second kappa shape index (κ2) is 5.55. The molecule has 5 heteroatoms. The van der Waals surface area contributed by atoms with Crippen LogP contribution in [0.4, 0.5) is 5.95 Å². The van der Waals surface area contributed by atoms with Gasteiger partial charge in [-0.3, -0.25) is 10.1 Å². The van der Waals surface area contributed by atoms with E-state index in [2.05, 4.69) is 27.5 Å². The molecule has 0 radical (unpaired) electrons. The Hall–Kier alpha value is -2.17. The molecule has 5 nitrogen and oxygen atoms in total. The number of aryl methyl sites for hydroxylation is 2. The average Bonchev–Trinajstić information content (AvgIpc) is 2.98. The normalized spacial score (nSPS) is 17.6. The van der Waals surface area contributed by atoms with Crippen molar-refractivity contribution < 1.29 is 4.79 Å². The minimum absolute atomic E-state index is 0.0796. The Bertz CT molecular complexity index is 700. The summed E-state index contributed by atoms with van der Waals surface area (Å²) >= 11 is 0. The molecule has 2 aliphatic rings. The first-order chi connectivity index (χ1) is 10.8. The van der Waals surface area contributed by atoms with Crippen LogP contribution in [0.25, 0.3) is 5.69 Å². The smallest absolute Gasteiger partial charge is 0.249 e. The molecule has 1 amide bonds.